The maximum absolute atomic E-state index is 12.5. The summed E-state index contributed by atoms with van der Waals surface area (Å²) in [6.45, 7) is 6.46. The zero-order chi connectivity index (χ0) is 17.8. The highest BCUT2D eigenvalue weighted by molar-refractivity contribution is 5.88. The Labute approximate surface area is 149 Å². The van der Waals surface area contributed by atoms with Gasteiger partial charge in [0.1, 0.15) is 0 Å². The van der Waals surface area contributed by atoms with Gasteiger partial charge in [-0.25, -0.2) is 0 Å². The molecule has 5 nitrogen and oxygen atoms in total. The van der Waals surface area contributed by atoms with Gasteiger partial charge < -0.3 is 15.5 Å². The van der Waals surface area contributed by atoms with Crippen molar-refractivity contribution in [3.8, 4) is 0 Å². The highest BCUT2D eigenvalue weighted by Gasteiger charge is 2.26. The molecule has 0 aliphatic carbocycles. The summed E-state index contributed by atoms with van der Waals surface area (Å²) in [6, 6.07) is 7.96. The second-order valence-electron chi connectivity index (χ2n) is 7.36. The van der Waals surface area contributed by atoms with Gasteiger partial charge in [-0.05, 0) is 36.4 Å². The fraction of sp³-hybridized carbons (Fsp3) is 0.500. The fourth-order valence-corrected chi connectivity index (χ4v) is 3.28. The van der Waals surface area contributed by atoms with Crippen molar-refractivity contribution < 1.29 is 9.59 Å². The van der Waals surface area contributed by atoms with Crippen LogP contribution < -0.4 is 10.6 Å². The molecular weight excluding hydrogens is 314 g/mol. The molecule has 2 amide bonds. The topological polar surface area (TPSA) is 61.4 Å². The Bertz CT molecular complexity index is 640. The summed E-state index contributed by atoms with van der Waals surface area (Å²) in [6.07, 6.45) is 5.17. The Hall–Kier alpha value is -2.14. The van der Waals surface area contributed by atoms with E-state index in [0.29, 0.717) is 19.0 Å². The smallest absolute Gasteiger partial charge is 0.246 e. The van der Waals surface area contributed by atoms with Crippen LogP contribution >= 0.6 is 0 Å². The van der Waals surface area contributed by atoms with Crippen LogP contribution in [0, 0.1) is 5.92 Å². The molecule has 5 heteroatoms. The van der Waals surface area contributed by atoms with E-state index in [-0.39, 0.29) is 23.9 Å². The number of benzene rings is 1. The Morgan fingerprint density at radius 2 is 1.92 bits per heavy atom. The van der Waals surface area contributed by atoms with Gasteiger partial charge in [-0.1, -0.05) is 44.2 Å². The summed E-state index contributed by atoms with van der Waals surface area (Å²) < 4.78 is 0. The lowest BCUT2D eigenvalue weighted by Gasteiger charge is -2.28. The van der Waals surface area contributed by atoms with Crippen molar-refractivity contribution in [3.63, 3.8) is 0 Å². The lowest BCUT2D eigenvalue weighted by molar-refractivity contribution is -0.127. The molecule has 1 fully saturated rings. The lowest BCUT2D eigenvalue weighted by Crippen LogP contribution is -2.55. The average molecular weight is 341 g/mol. The minimum Gasteiger partial charge on any atom is -0.349 e. The summed E-state index contributed by atoms with van der Waals surface area (Å²) >= 11 is 0. The van der Waals surface area contributed by atoms with Gasteiger partial charge in [-0.3, -0.25) is 9.59 Å². The number of amides is 2. The van der Waals surface area contributed by atoms with Gasteiger partial charge in [0, 0.05) is 25.2 Å². The number of fused-ring (bicyclic) bond motifs is 1. The number of carbonyl (C=O) groups is 2. The van der Waals surface area contributed by atoms with E-state index in [2.05, 4.69) is 36.6 Å². The first kappa shape index (κ1) is 17.7. The van der Waals surface area contributed by atoms with Crippen molar-refractivity contribution >= 4 is 11.8 Å². The van der Waals surface area contributed by atoms with E-state index in [1.807, 2.05) is 23.1 Å². The average Bonchev–Trinajstić information content (AvgIpc) is 2.94. The Morgan fingerprint density at radius 1 is 1.28 bits per heavy atom. The first-order valence-electron chi connectivity index (χ1n) is 9.10. The van der Waals surface area contributed by atoms with Crippen molar-refractivity contribution in [2.75, 3.05) is 6.54 Å². The van der Waals surface area contributed by atoms with Gasteiger partial charge in [0.15, 0.2) is 0 Å². The molecule has 2 heterocycles. The molecule has 3 rings (SSSR count). The van der Waals surface area contributed by atoms with E-state index in [4.69, 9.17) is 0 Å². The molecule has 0 spiro atoms. The van der Waals surface area contributed by atoms with Crippen molar-refractivity contribution in [3.05, 3.63) is 47.5 Å². The zero-order valence-corrected chi connectivity index (χ0v) is 15.0. The molecule has 2 aliphatic heterocycles. The van der Waals surface area contributed by atoms with Gasteiger partial charge in [0.05, 0.1) is 6.04 Å². The quantitative estimate of drug-likeness (QED) is 0.778. The van der Waals surface area contributed by atoms with Crippen LogP contribution in [0.5, 0.6) is 0 Å². The third kappa shape index (κ3) is 4.48. The number of nitrogens with one attached hydrogen (secondary N) is 2. The second kappa shape index (κ2) is 7.83. The van der Waals surface area contributed by atoms with Gasteiger partial charge in [0.2, 0.25) is 11.8 Å². The van der Waals surface area contributed by atoms with E-state index in [1.54, 1.807) is 6.08 Å². The molecule has 2 atom stereocenters. The normalized spacial score (nSPS) is 20.4. The Morgan fingerprint density at radius 3 is 2.44 bits per heavy atom. The van der Waals surface area contributed by atoms with Crippen LogP contribution in [0.4, 0.5) is 0 Å². The molecule has 2 N–H and O–H groups in total. The van der Waals surface area contributed by atoms with Crippen LogP contribution in [0.2, 0.25) is 0 Å². The molecular formula is C20H27N3O2. The van der Waals surface area contributed by atoms with Crippen molar-refractivity contribution in [1.29, 1.82) is 0 Å². The third-order valence-corrected chi connectivity index (χ3v) is 4.82. The maximum Gasteiger partial charge on any atom is 0.246 e. The molecule has 0 aromatic heterocycles. The summed E-state index contributed by atoms with van der Waals surface area (Å²) in [5, 5.41) is 6.17. The Kier molecular flexibility index (Phi) is 5.53. The number of rotatable bonds is 6. The molecule has 1 saturated heterocycles. The van der Waals surface area contributed by atoms with Crippen LogP contribution in [0.15, 0.2) is 36.4 Å². The fourth-order valence-electron chi connectivity index (χ4n) is 3.28. The van der Waals surface area contributed by atoms with E-state index >= 15 is 0 Å². The highest BCUT2D eigenvalue weighted by atomic mass is 16.2. The van der Waals surface area contributed by atoms with Crippen LogP contribution in [-0.2, 0) is 22.7 Å². The first-order valence-corrected chi connectivity index (χ1v) is 9.10. The van der Waals surface area contributed by atoms with E-state index in [1.165, 1.54) is 11.1 Å². The Balaban J connectivity index is 1.58. The summed E-state index contributed by atoms with van der Waals surface area (Å²) in [7, 11) is 0. The van der Waals surface area contributed by atoms with Crippen LogP contribution in [0.25, 0.3) is 0 Å². The number of hydrogen-bond donors (Lipinski definition) is 2. The molecule has 0 radical (unpaired) electrons. The van der Waals surface area contributed by atoms with Gasteiger partial charge >= 0.3 is 0 Å². The third-order valence-electron chi connectivity index (χ3n) is 4.82. The maximum atomic E-state index is 12.5. The zero-order valence-electron chi connectivity index (χ0n) is 15.0. The van der Waals surface area contributed by atoms with E-state index in [9.17, 15) is 9.59 Å². The van der Waals surface area contributed by atoms with Gasteiger partial charge in [0.25, 0.3) is 0 Å². The SMILES string of the molecule is CC(C)CC(C=CC(=O)N1Cc2ccccc2C1)NC(=O)C1CCN1. The monoisotopic (exact) mass is 341 g/mol. The molecule has 25 heavy (non-hydrogen) atoms. The molecule has 1 aromatic carbocycles. The summed E-state index contributed by atoms with van der Waals surface area (Å²) in [4.78, 5) is 26.5. The lowest BCUT2D eigenvalue weighted by atomic mass is 10.0. The second-order valence-corrected chi connectivity index (χ2v) is 7.36. The molecule has 2 unspecified atom stereocenters. The van der Waals surface area contributed by atoms with E-state index < -0.39 is 0 Å². The molecule has 0 saturated carbocycles. The predicted molar refractivity (Wildman–Crippen MR) is 97.6 cm³/mol. The van der Waals surface area contributed by atoms with E-state index in [0.717, 1.165) is 19.4 Å². The van der Waals surface area contributed by atoms with Gasteiger partial charge in [-0.2, -0.15) is 0 Å². The molecule has 134 valence electrons. The minimum atomic E-state index is -0.108. The van der Waals surface area contributed by atoms with Crippen LogP contribution in [-0.4, -0.2) is 35.3 Å². The number of hydrogen-bond acceptors (Lipinski definition) is 3. The largest absolute Gasteiger partial charge is 0.349 e. The van der Waals surface area contributed by atoms with Crippen molar-refractivity contribution in [1.82, 2.24) is 15.5 Å². The standard InChI is InChI=1S/C20H27N3O2/c1-14(2)11-17(22-20(25)18-9-10-21-18)7-8-19(24)23-12-15-5-3-4-6-16(15)13-23/h3-8,14,17-18,21H,9-13H2,1-2H3,(H,22,25). The van der Waals surface area contributed by atoms with Crippen LogP contribution in [0.1, 0.15) is 37.8 Å². The van der Waals surface area contributed by atoms with Gasteiger partial charge in [-0.15, -0.1) is 0 Å². The molecule has 1 aromatic rings. The number of carbonyl (C=O) groups excluding carboxylic acids is 2. The van der Waals surface area contributed by atoms with Crippen molar-refractivity contribution in [2.24, 2.45) is 5.92 Å². The molecule has 2 aliphatic rings. The number of nitrogens with zero attached hydrogens (tertiary/aromatic N) is 1. The van der Waals surface area contributed by atoms with Crippen molar-refractivity contribution in [2.45, 2.75) is 51.9 Å². The predicted octanol–water partition coefficient (Wildman–Crippen LogP) is 1.98. The summed E-state index contributed by atoms with van der Waals surface area (Å²) in [5.74, 6) is 0.471. The first-order chi connectivity index (χ1) is 12.0. The minimum absolute atomic E-state index is 0.000902. The molecule has 0 bridgehead atoms. The van der Waals surface area contributed by atoms with Crippen LogP contribution in [0.3, 0.4) is 0 Å². The summed E-state index contributed by atoms with van der Waals surface area (Å²) in [5.41, 5.74) is 2.43. The highest BCUT2D eigenvalue weighted by Crippen LogP contribution is 2.22.